The van der Waals surface area contributed by atoms with E-state index in [9.17, 15) is 26.7 Å². The highest BCUT2D eigenvalue weighted by Crippen LogP contribution is 2.29. The van der Waals surface area contributed by atoms with Gasteiger partial charge in [-0.1, -0.05) is 0 Å². The first-order chi connectivity index (χ1) is 9.70. The van der Waals surface area contributed by atoms with Crippen molar-refractivity contribution in [3.63, 3.8) is 0 Å². The lowest BCUT2D eigenvalue weighted by atomic mass is 10.0. The topological polar surface area (TPSA) is 34.9 Å². The van der Waals surface area contributed by atoms with Crippen LogP contribution in [0.2, 0.25) is 0 Å². The van der Waals surface area contributed by atoms with Crippen LogP contribution in [0.15, 0.2) is 30.6 Å². The van der Waals surface area contributed by atoms with E-state index in [-0.39, 0.29) is 0 Å². The lowest BCUT2D eigenvalue weighted by Gasteiger charge is -2.11. The first-order valence-electron chi connectivity index (χ1n) is 5.81. The summed E-state index contributed by atoms with van der Waals surface area (Å²) in [4.78, 5) is 12.0. The summed E-state index contributed by atoms with van der Waals surface area (Å²) in [5, 5.41) is 3.46. The van der Waals surface area contributed by atoms with Crippen LogP contribution >= 0.6 is 0 Å². The number of carbonyl (C=O) groups is 1. The van der Waals surface area contributed by atoms with E-state index in [1.54, 1.807) is 0 Å². The average molecular weight is 304 g/mol. The van der Waals surface area contributed by atoms with Crippen LogP contribution in [0.3, 0.4) is 0 Å². The Morgan fingerprint density at radius 2 is 1.95 bits per heavy atom. The van der Waals surface area contributed by atoms with Crippen molar-refractivity contribution < 1.29 is 26.7 Å². The zero-order valence-electron chi connectivity index (χ0n) is 10.7. The van der Waals surface area contributed by atoms with Gasteiger partial charge in [0.15, 0.2) is 5.78 Å². The number of rotatable bonds is 3. The Kier molecular flexibility index (Phi) is 3.80. The summed E-state index contributed by atoms with van der Waals surface area (Å²) in [5.74, 6) is -2.73. The van der Waals surface area contributed by atoms with Crippen molar-refractivity contribution >= 4 is 5.78 Å². The molecule has 2 aromatic rings. The van der Waals surface area contributed by atoms with E-state index in [4.69, 9.17) is 0 Å². The van der Waals surface area contributed by atoms with Gasteiger partial charge in [-0.25, -0.2) is 8.78 Å². The number of benzene rings is 1. The highest BCUT2D eigenvalue weighted by Gasteiger charge is 2.33. The molecule has 0 N–H and O–H groups in total. The molecule has 8 heteroatoms. The molecule has 3 nitrogen and oxygen atoms in total. The molecule has 0 bridgehead atoms. The zero-order chi connectivity index (χ0) is 15.8. The molecule has 21 heavy (non-hydrogen) atoms. The van der Waals surface area contributed by atoms with Gasteiger partial charge in [-0.2, -0.15) is 18.3 Å². The number of halogens is 5. The van der Waals surface area contributed by atoms with Crippen LogP contribution in [0.4, 0.5) is 22.0 Å². The number of hydrogen-bond donors (Lipinski definition) is 0. The molecule has 1 heterocycles. The first kappa shape index (κ1) is 15.1. The van der Waals surface area contributed by atoms with Crippen molar-refractivity contribution in [1.29, 1.82) is 0 Å². The van der Waals surface area contributed by atoms with Crippen LogP contribution in [0.1, 0.15) is 28.9 Å². The van der Waals surface area contributed by atoms with E-state index in [0.717, 1.165) is 16.8 Å². The molecule has 1 unspecified atom stereocenters. The second-order valence-electron chi connectivity index (χ2n) is 4.37. The van der Waals surface area contributed by atoms with Gasteiger partial charge in [0, 0.05) is 12.3 Å². The third kappa shape index (κ3) is 3.09. The standard InChI is InChI=1S/C13H9F5N2O/c1-7(20-6-8(5-19-20)13(16,17)18)12(21)10-3-2-9(14)4-11(10)15/h2-7H,1H3. The predicted octanol–water partition coefficient (Wildman–Crippen LogP) is 3.62. The molecule has 0 saturated carbocycles. The fourth-order valence-electron chi connectivity index (χ4n) is 1.73. The van der Waals surface area contributed by atoms with E-state index in [1.165, 1.54) is 6.92 Å². The number of nitrogens with zero attached hydrogens (tertiary/aromatic N) is 2. The molecule has 0 saturated heterocycles. The second kappa shape index (κ2) is 5.27. The van der Waals surface area contributed by atoms with Crippen LogP contribution in [0.25, 0.3) is 0 Å². The minimum Gasteiger partial charge on any atom is -0.292 e. The number of carbonyl (C=O) groups excluding carboxylic acids is 1. The minimum absolute atomic E-state index is 0.409. The summed E-state index contributed by atoms with van der Waals surface area (Å²) in [7, 11) is 0. The van der Waals surface area contributed by atoms with Gasteiger partial charge in [0.1, 0.15) is 17.7 Å². The summed E-state index contributed by atoms with van der Waals surface area (Å²) in [5.41, 5.74) is -1.42. The Hall–Kier alpha value is -2.25. The Morgan fingerprint density at radius 3 is 2.48 bits per heavy atom. The lowest BCUT2D eigenvalue weighted by Crippen LogP contribution is -2.18. The van der Waals surface area contributed by atoms with Crippen LogP contribution in [-0.2, 0) is 6.18 Å². The minimum atomic E-state index is -4.58. The maximum atomic E-state index is 13.5. The largest absolute Gasteiger partial charge is 0.419 e. The molecule has 0 aliphatic rings. The fourth-order valence-corrected chi connectivity index (χ4v) is 1.73. The third-order valence-corrected chi connectivity index (χ3v) is 2.90. The van der Waals surface area contributed by atoms with Crippen molar-refractivity contribution in [2.24, 2.45) is 0 Å². The molecule has 0 fully saturated rings. The van der Waals surface area contributed by atoms with Gasteiger partial charge in [0.25, 0.3) is 0 Å². The molecule has 1 aromatic carbocycles. The highest BCUT2D eigenvalue weighted by atomic mass is 19.4. The summed E-state index contributed by atoms with van der Waals surface area (Å²) < 4.78 is 64.4. The van der Waals surface area contributed by atoms with E-state index in [2.05, 4.69) is 5.10 Å². The van der Waals surface area contributed by atoms with Gasteiger partial charge < -0.3 is 0 Å². The quantitative estimate of drug-likeness (QED) is 0.641. The Balaban J connectivity index is 2.29. The van der Waals surface area contributed by atoms with Crippen molar-refractivity contribution in [3.8, 4) is 0 Å². The van der Waals surface area contributed by atoms with Crippen molar-refractivity contribution in [3.05, 3.63) is 53.4 Å². The zero-order valence-corrected chi connectivity index (χ0v) is 10.7. The summed E-state index contributed by atoms with van der Waals surface area (Å²) in [6, 6.07) is 1.22. The van der Waals surface area contributed by atoms with Crippen LogP contribution < -0.4 is 0 Å². The Bertz CT molecular complexity index is 677. The maximum Gasteiger partial charge on any atom is 0.419 e. The Morgan fingerprint density at radius 1 is 1.29 bits per heavy atom. The Labute approximate surface area is 116 Å². The molecule has 0 aliphatic carbocycles. The number of ketones is 1. The summed E-state index contributed by atoms with van der Waals surface area (Å²) in [6.07, 6.45) is -3.35. The molecule has 2 rings (SSSR count). The van der Waals surface area contributed by atoms with Gasteiger partial charge in [0.05, 0.1) is 17.3 Å². The van der Waals surface area contributed by atoms with E-state index >= 15 is 0 Å². The molecule has 1 atom stereocenters. The normalized spacial score (nSPS) is 13.2. The maximum absolute atomic E-state index is 13.5. The molecule has 0 radical (unpaired) electrons. The van der Waals surface area contributed by atoms with Crippen LogP contribution in [0.5, 0.6) is 0 Å². The van der Waals surface area contributed by atoms with E-state index < -0.39 is 40.8 Å². The smallest absolute Gasteiger partial charge is 0.292 e. The van der Waals surface area contributed by atoms with Crippen LogP contribution in [0, 0.1) is 11.6 Å². The van der Waals surface area contributed by atoms with Crippen molar-refractivity contribution in [2.45, 2.75) is 19.1 Å². The van der Waals surface area contributed by atoms with Crippen molar-refractivity contribution in [2.75, 3.05) is 0 Å². The number of alkyl halides is 3. The lowest BCUT2D eigenvalue weighted by molar-refractivity contribution is -0.137. The molecular formula is C13H9F5N2O. The number of aromatic nitrogens is 2. The molecule has 1 aromatic heterocycles. The molecule has 112 valence electrons. The number of Topliss-reactive ketones (excluding diaryl/α,β-unsaturated/α-hetero) is 1. The third-order valence-electron chi connectivity index (χ3n) is 2.90. The van der Waals surface area contributed by atoms with E-state index in [1.807, 2.05) is 0 Å². The highest BCUT2D eigenvalue weighted by molar-refractivity contribution is 5.98. The summed E-state index contributed by atoms with van der Waals surface area (Å²) in [6.45, 7) is 1.28. The molecule has 0 aliphatic heterocycles. The first-order valence-corrected chi connectivity index (χ1v) is 5.81. The van der Waals surface area contributed by atoms with Gasteiger partial charge in [0.2, 0.25) is 0 Å². The predicted molar refractivity (Wildman–Crippen MR) is 62.6 cm³/mol. The molecular weight excluding hydrogens is 295 g/mol. The SMILES string of the molecule is CC(C(=O)c1ccc(F)cc1F)n1cc(C(F)(F)F)cn1. The fraction of sp³-hybridized carbons (Fsp3) is 0.231. The molecule has 0 amide bonds. The second-order valence-corrected chi connectivity index (χ2v) is 4.37. The average Bonchev–Trinajstić information content (AvgIpc) is 2.86. The molecule has 0 spiro atoms. The van der Waals surface area contributed by atoms with Gasteiger partial charge >= 0.3 is 6.18 Å². The van der Waals surface area contributed by atoms with E-state index in [0.29, 0.717) is 18.5 Å². The van der Waals surface area contributed by atoms with Crippen molar-refractivity contribution in [1.82, 2.24) is 9.78 Å². The van der Waals surface area contributed by atoms with Gasteiger partial charge in [-0.3, -0.25) is 9.48 Å². The van der Waals surface area contributed by atoms with Crippen LogP contribution in [-0.4, -0.2) is 15.6 Å². The summed E-state index contributed by atoms with van der Waals surface area (Å²) >= 11 is 0. The van der Waals surface area contributed by atoms with Gasteiger partial charge in [-0.15, -0.1) is 0 Å². The number of hydrogen-bond acceptors (Lipinski definition) is 2. The van der Waals surface area contributed by atoms with Gasteiger partial charge in [-0.05, 0) is 19.1 Å². The monoisotopic (exact) mass is 304 g/mol.